The highest BCUT2D eigenvalue weighted by Gasteiger charge is 2.17. The molecular weight excluding hydrogens is 356 g/mol. The van der Waals surface area contributed by atoms with Gasteiger partial charge in [-0.15, -0.1) is 5.10 Å². The van der Waals surface area contributed by atoms with E-state index in [0.717, 1.165) is 22.7 Å². The standard InChI is InChI=1S/C20H26N6O2/c1-12(2)9-15(21)20(27)24-13-5-6-14(17(10-13)28-4)16-11-23-19-8-7-18(22-3)25-26(16)19/h5-8,10-12,15H,9,21H2,1-4H3,(H,22,25)(H,24,27)/t15-/m1/s1. The number of anilines is 2. The molecule has 2 heterocycles. The molecule has 1 aromatic carbocycles. The highest BCUT2D eigenvalue weighted by molar-refractivity contribution is 5.95. The molecule has 0 saturated carbocycles. The third kappa shape index (κ3) is 4.07. The molecule has 148 valence electrons. The number of amides is 1. The summed E-state index contributed by atoms with van der Waals surface area (Å²) in [6.45, 7) is 4.07. The van der Waals surface area contributed by atoms with Gasteiger partial charge in [-0.3, -0.25) is 4.79 Å². The van der Waals surface area contributed by atoms with Crippen LogP contribution in [0.3, 0.4) is 0 Å². The Bertz CT molecular complexity index is 982. The Morgan fingerprint density at radius 2 is 2.07 bits per heavy atom. The van der Waals surface area contributed by atoms with Gasteiger partial charge in [0.05, 0.1) is 25.0 Å². The SMILES string of the molecule is CNc1ccc2ncc(-c3ccc(NC(=O)[C@H](N)CC(C)C)cc3OC)n2n1. The molecule has 0 aliphatic carbocycles. The van der Waals surface area contributed by atoms with Gasteiger partial charge in [0.25, 0.3) is 0 Å². The van der Waals surface area contributed by atoms with Crippen LogP contribution in [0.2, 0.25) is 0 Å². The lowest BCUT2D eigenvalue weighted by Crippen LogP contribution is -2.36. The number of carbonyl (C=O) groups is 1. The molecule has 0 aliphatic rings. The number of methoxy groups -OCH3 is 1. The summed E-state index contributed by atoms with van der Waals surface area (Å²) in [5, 5.41) is 10.4. The number of imidazole rings is 1. The molecule has 0 spiro atoms. The fourth-order valence-corrected chi connectivity index (χ4v) is 3.02. The number of ether oxygens (including phenoxy) is 1. The first-order valence-corrected chi connectivity index (χ1v) is 9.20. The number of carbonyl (C=O) groups excluding carboxylic acids is 1. The van der Waals surface area contributed by atoms with Crippen LogP contribution >= 0.6 is 0 Å². The van der Waals surface area contributed by atoms with Crippen molar-refractivity contribution in [1.82, 2.24) is 14.6 Å². The Labute approximate surface area is 164 Å². The number of hydrogen-bond donors (Lipinski definition) is 3. The summed E-state index contributed by atoms with van der Waals surface area (Å²) in [4.78, 5) is 16.7. The molecule has 0 bridgehead atoms. The molecular formula is C20H26N6O2. The molecule has 1 amide bonds. The van der Waals surface area contributed by atoms with E-state index in [-0.39, 0.29) is 5.91 Å². The Hall–Kier alpha value is -3.13. The number of benzene rings is 1. The van der Waals surface area contributed by atoms with E-state index in [0.29, 0.717) is 23.8 Å². The zero-order valence-electron chi connectivity index (χ0n) is 16.6. The minimum Gasteiger partial charge on any atom is -0.496 e. The van der Waals surface area contributed by atoms with Gasteiger partial charge in [0.2, 0.25) is 5.91 Å². The summed E-state index contributed by atoms with van der Waals surface area (Å²) in [5.41, 5.74) is 8.93. The molecule has 0 saturated heterocycles. The van der Waals surface area contributed by atoms with Gasteiger partial charge >= 0.3 is 0 Å². The molecule has 8 heteroatoms. The van der Waals surface area contributed by atoms with Crippen molar-refractivity contribution in [3.8, 4) is 17.0 Å². The van der Waals surface area contributed by atoms with Crippen LogP contribution in [0.25, 0.3) is 16.9 Å². The molecule has 3 rings (SSSR count). The van der Waals surface area contributed by atoms with E-state index in [1.807, 2.05) is 45.2 Å². The highest BCUT2D eigenvalue weighted by Crippen LogP contribution is 2.33. The maximum Gasteiger partial charge on any atom is 0.241 e. The third-order valence-electron chi connectivity index (χ3n) is 4.43. The van der Waals surface area contributed by atoms with Crippen LogP contribution in [0.1, 0.15) is 20.3 Å². The van der Waals surface area contributed by atoms with Crippen LogP contribution in [0, 0.1) is 5.92 Å². The molecule has 3 aromatic rings. The number of rotatable bonds is 7. The van der Waals surface area contributed by atoms with Gasteiger partial charge < -0.3 is 21.1 Å². The van der Waals surface area contributed by atoms with Crippen molar-refractivity contribution in [3.05, 3.63) is 36.5 Å². The number of fused-ring (bicyclic) bond motifs is 1. The smallest absolute Gasteiger partial charge is 0.241 e. The topological polar surface area (TPSA) is 107 Å². The summed E-state index contributed by atoms with van der Waals surface area (Å²) in [5.74, 6) is 1.48. The van der Waals surface area contributed by atoms with Gasteiger partial charge in [-0.2, -0.15) is 0 Å². The maximum absolute atomic E-state index is 12.3. The van der Waals surface area contributed by atoms with Crippen molar-refractivity contribution in [1.29, 1.82) is 0 Å². The maximum atomic E-state index is 12.3. The van der Waals surface area contributed by atoms with Crippen LogP contribution in [-0.2, 0) is 4.79 Å². The predicted octanol–water partition coefficient (Wildman–Crippen LogP) is 2.76. The average molecular weight is 382 g/mol. The van der Waals surface area contributed by atoms with E-state index >= 15 is 0 Å². The number of hydrogen-bond acceptors (Lipinski definition) is 6. The predicted molar refractivity (Wildman–Crippen MR) is 111 cm³/mol. The fraction of sp³-hybridized carbons (Fsp3) is 0.350. The van der Waals surface area contributed by atoms with E-state index < -0.39 is 6.04 Å². The molecule has 1 atom stereocenters. The van der Waals surface area contributed by atoms with Crippen molar-refractivity contribution in [2.45, 2.75) is 26.3 Å². The Morgan fingerprint density at radius 3 is 2.75 bits per heavy atom. The van der Waals surface area contributed by atoms with E-state index in [2.05, 4.69) is 20.7 Å². The van der Waals surface area contributed by atoms with Crippen LogP contribution in [0.15, 0.2) is 36.5 Å². The summed E-state index contributed by atoms with van der Waals surface area (Å²) in [7, 11) is 3.40. The zero-order chi connectivity index (χ0) is 20.3. The first-order valence-electron chi connectivity index (χ1n) is 9.20. The normalized spacial score (nSPS) is 12.2. The summed E-state index contributed by atoms with van der Waals surface area (Å²) >= 11 is 0. The van der Waals surface area contributed by atoms with Crippen molar-refractivity contribution < 1.29 is 9.53 Å². The third-order valence-corrected chi connectivity index (χ3v) is 4.43. The second-order valence-electron chi connectivity index (χ2n) is 7.02. The van der Waals surface area contributed by atoms with E-state index in [9.17, 15) is 4.79 Å². The highest BCUT2D eigenvalue weighted by atomic mass is 16.5. The number of nitrogens with one attached hydrogen (secondary N) is 2. The van der Waals surface area contributed by atoms with Gasteiger partial charge in [-0.05, 0) is 36.6 Å². The van der Waals surface area contributed by atoms with Gasteiger partial charge in [-0.25, -0.2) is 9.50 Å². The minimum atomic E-state index is -0.548. The van der Waals surface area contributed by atoms with E-state index in [4.69, 9.17) is 10.5 Å². The van der Waals surface area contributed by atoms with Gasteiger partial charge in [0.15, 0.2) is 5.65 Å². The fourth-order valence-electron chi connectivity index (χ4n) is 3.02. The second-order valence-corrected chi connectivity index (χ2v) is 7.02. The van der Waals surface area contributed by atoms with Crippen LogP contribution in [0.4, 0.5) is 11.5 Å². The Kier molecular flexibility index (Phi) is 5.79. The molecule has 4 N–H and O–H groups in total. The van der Waals surface area contributed by atoms with E-state index in [1.54, 1.807) is 23.9 Å². The number of nitrogens with two attached hydrogens (primary N) is 1. The monoisotopic (exact) mass is 382 g/mol. The number of nitrogens with zero attached hydrogens (tertiary/aromatic N) is 3. The molecule has 28 heavy (non-hydrogen) atoms. The molecule has 0 fully saturated rings. The Morgan fingerprint density at radius 1 is 1.29 bits per heavy atom. The van der Waals surface area contributed by atoms with Crippen molar-refractivity contribution in [2.75, 3.05) is 24.8 Å². The molecule has 0 aliphatic heterocycles. The first-order chi connectivity index (χ1) is 13.4. The second kappa shape index (κ2) is 8.26. The summed E-state index contributed by atoms with van der Waals surface area (Å²) in [6.07, 6.45) is 2.37. The Balaban J connectivity index is 1.91. The lowest BCUT2D eigenvalue weighted by Gasteiger charge is -2.15. The molecule has 0 unspecified atom stereocenters. The summed E-state index contributed by atoms with van der Waals surface area (Å²) in [6, 6.07) is 8.67. The summed E-state index contributed by atoms with van der Waals surface area (Å²) < 4.78 is 7.31. The van der Waals surface area contributed by atoms with Crippen LogP contribution in [-0.4, -0.2) is 40.7 Å². The van der Waals surface area contributed by atoms with Gasteiger partial charge in [0, 0.05) is 24.4 Å². The largest absolute Gasteiger partial charge is 0.496 e. The molecule has 8 nitrogen and oxygen atoms in total. The van der Waals surface area contributed by atoms with Gasteiger partial charge in [0.1, 0.15) is 11.6 Å². The lowest BCUT2D eigenvalue weighted by atomic mass is 10.0. The van der Waals surface area contributed by atoms with Crippen molar-refractivity contribution >= 4 is 23.1 Å². The van der Waals surface area contributed by atoms with Crippen LogP contribution < -0.4 is 21.1 Å². The minimum absolute atomic E-state index is 0.210. The van der Waals surface area contributed by atoms with E-state index in [1.165, 1.54) is 0 Å². The zero-order valence-corrected chi connectivity index (χ0v) is 16.6. The van der Waals surface area contributed by atoms with Crippen LogP contribution in [0.5, 0.6) is 5.75 Å². The van der Waals surface area contributed by atoms with Crippen molar-refractivity contribution in [2.24, 2.45) is 11.7 Å². The van der Waals surface area contributed by atoms with Crippen molar-refractivity contribution in [3.63, 3.8) is 0 Å². The molecule has 0 radical (unpaired) electrons. The van der Waals surface area contributed by atoms with Gasteiger partial charge in [-0.1, -0.05) is 13.8 Å². The number of aromatic nitrogens is 3. The molecule has 2 aromatic heterocycles. The lowest BCUT2D eigenvalue weighted by molar-refractivity contribution is -0.117. The first kappa shape index (κ1) is 19.6. The quantitative estimate of drug-likeness (QED) is 0.580. The average Bonchev–Trinajstić information content (AvgIpc) is 3.10.